The third kappa shape index (κ3) is 5.80. The van der Waals surface area contributed by atoms with E-state index in [4.69, 9.17) is 0 Å². The topological polar surface area (TPSA) is 23.5 Å². The molecule has 0 spiro atoms. The lowest BCUT2D eigenvalue weighted by Crippen LogP contribution is -2.46. The number of rotatable bonds is 8. The summed E-state index contributed by atoms with van der Waals surface area (Å²) in [7, 11) is 0. The first kappa shape index (κ1) is 18.2. The van der Waals surface area contributed by atoms with Crippen LogP contribution in [-0.4, -0.2) is 29.1 Å². The van der Waals surface area contributed by atoms with Gasteiger partial charge in [-0.1, -0.05) is 71.9 Å². The Morgan fingerprint density at radius 2 is 1.33 bits per heavy atom. The van der Waals surface area contributed by atoms with Crippen LogP contribution in [0.5, 0.6) is 0 Å². The molecule has 2 atom stereocenters. The Bertz CT molecular complexity index is 376. The van der Waals surface area contributed by atoms with Crippen molar-refractivity contribution in [1.82, 2.24) is 4.90 Å². The van der Waals surface area contributed by atoms with Crippen LogP contribution in [0.1, 0.15) is 53.2 Å². The molecule has 120 valence electrons. The van der Waals surface area contributed by atoms with E-state index in [2.05, 4.69) is 46.4 Å². The average molecular weight is 291 g/mol. The van der Waals surface area contributed by atoms with Crippen molar-refractivity contribution < 1.29 is 5.11 Å². The van der Waals surface area contributed by atoms with Crippen LogP contribution >= 0.6 is 0 Å². The molecule has 0 fully saturated rings. The Balaban J connectivity index is 3.00. The second-order valence-corrected chi connectivity index (χ2v) is 7.33. The van der Waals surface area contributed by atoms with Crippen molar-refractivity contribution in [3.63, 3.8) is 0 Å². The van der Waals surface area contributed by atoms with Gasteiger partial charge in [-0.15, -0.1) is 0 Å². The molecule has 21 heavy (non-hydrogen) atoms. The maximum Gasteiger partial charge on any atom is 0.0947 e. The van der Waals surface area contributed by atoms with E-state index in [1.807, 2.05) is 30.3 Å². The van der Waals surface area contributed by atoms with Gasteiger partial charge in [-0.05, 0) is 23.3 Å². The van der Waals surface area contributed by atoms with E-state index >= 15 is 0 Å². The lowest BCUT2D eigenvalue weighted by atomic mass is 9.90. The molecule has 0 aliphatic heterocycles. The van der Waals surface area contributed by atoms with Gasteiger partial charge in [0.05, 0.1) is 6.10 Å². The highest BCUT2D eigenvalue weighted by atomic mass is 16.3. The van der Waals surface area contributed by atoms with Crippen LogP contribution in [0.15, 0.2) is 30.3 Å². The predicted molar refractivity (Wildman–Crippen MR) is 91.3 cm³/mol. The minimum Gasteiger partial charge on any atom is -0.387 e. The lowest BCUT2D eigenvalue weighted by Gasteiger charge is -2.39. The Kier molecular flexibility index (Phi) is 7.41. The molecule has 0 bridgehead atoms. The highest BCUT2D eigenvalue weighted by Crippen LogP contribution is 2.28. The van der Waals surface area contributed by atoms with Crippen molar-refractivity contribution in [2.75, 3.05) is 13.1 Å². The Morgan fingerprint density at radius 3 is 1.71 bits per heavy atom. The summed E-state index contributed by atoms with van der Waals surface area (Å²) in [5, 5.41) is 10.9. The number of nitrogens with zero attached hydrogens (tertiary/aromatic N) is 1. The predicted octanol–water partition coefficient (Wildman–Crippen LogP) is 4.36. The average Bonchev–Trinajstić information content (AvgIpc) is 2.37. The van der Waals surface area contributed by atoms with E-state index in [9.17, 15) is 5.11 Å². The molecule has 0 radical (unpaired) electrons. The van der Waals surface area contributed by atoms with E-state index in [1.165, 1.54) is 0 Å². The van der Waals surface area contributed by atoms with Crippen LogP contribution in [0.2, 0.25) is 0 Å². The van der Waals surface area contributed by atoms with Gasteiger partial charge in [0.25, 0.3) is 0 Å². The largest absolute Gasteiger partial charge is 0.387 e. The molecule has 2 nitrogen and oxygen atoms in total. The molecule has 0 saturated heterocycles. The fraction of sp³-hybridized carbons (Fsp3) is 0.684. The summed E-state index contributed by atoms with van der Waals surface area (Å²) in [5.74, 6) is 1.62. The van der Waals surface area contributed by atoms with Crippen molar-refractivity contribution in [2.24, 2.45) is 17.8 Å². The number of hydrogen-bond acceptors (Lipinski definition) is 2. The van der Waals surface area contributed by atoms with Crippen LogP contribution in [0.4, 0.5) is 0 Å². The van der Waals surface area contributed by atoms with Gasteiger partial charge in [0, 0.05) is 19.1 Å². The summed E-state index contributed by atoms with van der Waals surface area (Å²) < 4.78 is 0. The molecule has 2 heteroatoms. The molecule has 1 N–H and O–H groups in total. The van der Waals surface area contributed by atoms with Crippen molar-refractivity contribution in [1.29, 1.82) is 0 Å². The number of benzene rings is 1. The third-order valence-electron chi connectivity index (χ3n) is 3.77. The van der Waals surface area contributed by atoms with E-state index < -0.39 is 6.10 Å². The minimum absolute atomic E-state index is 0.164. The van der Waals surface area contributed by atoms with Crippen LogP contribution in [-0.2, 0) is 0 Å². The summed E-state index contributed by atoms with van der Waals surface area (Å²) in [6, 6.07) is 10.2. The first-order valence-corrected chi connectivity index (χ1v) is 8.30. The number of aliphatic hydroxyl groups is 1. The molecule has 0 saturated carbocycles. The van der Waals surface area contributed by atoms with Gasteiger partial charge in [0.2, 0.25) is 0 Å². The van der Waals surface area contributed by atoms with Gasteiger partial charge in [-0.25, -0.2) is 0 Å². The normalized spacial score (nSPS) is 15.2. The van der Waals surface area contributed by atoms with Crippen LogP contribution < -0.4 is 0 Å². The van der Waals surface area contributed by atoms with Gasteiger partial charge in [-0.3, -0.25) is 4.90 Å². The Labute approximate surface area is 131 Å². The summed E-state index contributed by atoms with van der Waals surface area (Å²) >= 11 is 0. The molecule has 2 unspecified atom stereocenters. The first-order chi connectivity index (χ1) is 9.82. The zero-order valence-electron chi connectivity index (χ0n) is 14.6. The molecular formula is C19H33NO. The van der Waals surface area contributed by atoms with Crippen molar-refractivity contribution in [3.05, 3.63) is 35.9 Å². The summed E-state index contributed by atoms with van der Waals surface area (Å²) in [5.41, 5.74) is 1.02. The quantitative estimate of drug-likeness (QED) is 0.769. The number of hydrogen-bond donors (Lipinski definition) is 1. The third-order valence-corrected chi connectivity index (χ3v) is 3.77. The lowest BCUT2D eigenvalue weighted by molar-refractivity contribution is 0.0105. The maximum atomic E-state index is 10.9. The van der Waals surface area contributed by atoms with Crippen molar-refractivity contribution >= 4 is 0 Å². The van der Waals surface area contributed by atoms with Gasteiger partial charge >= 0.3 is 0 Å². The van der Waals surface area contributed by atoms with Gasteiger partial charge < -0.3 is 5.11 Å². The zero-order valence-corrected chi connectivity index (χ0v) is 14.6. The maximum absolute atomic E-state index is 10.9. The van der Waals surface area contributed by atoms with Gasteiger partial charge in [0.15, 0.2) is 0 Å². The molecule has 0 aromatic heterocycles. The molecule has 1 aromatic rings. The molecule has 1 rings (SSSR count). The van der Waals surface area contributed by atoms with E-state index in [0.717, 1.165) is 18.7 Å². The monoisotopic (exact) mass is 291 g/mol. The SMILES string of the molecule is CC(C)CN(CC(C)C)C(C(C)C)C(O)c1ccccc1. The molecule has 0 amide bonds. The molecule has 0 heterocycles. The summed E-state index contributed by atoms with van der Waals surface area (Å²) in [4.78, 5) is 2.48. The number of aliphatic hydroxyl groups excluding tert-OH is 1. The van der Waals surface area contributed by atoms with Crippen LogP contribution in [0.25, 0.3) is 0 Å². The molecular weight excluding hydrogens is 258 g/mol. The molecule has 0 aliphatic rings. The highest BCUT2D eigenvalue weighted by molar-refractivity contribution is 5.19. The smallest absolute Gasteiger partial charge is 0.0947 e. The molecule has 1 aromatic carbocycles. The fourth-order valence-corrected chi connectivity index (χ4v) is 3.09. The second-order valence-electron chi connectivity index (χ2n) is 7.33. The van der Waals surface area contributed by atoms with E-state index in [0.29, 0.717) is 17.8 Å². The van der Waals surface area contributed by atoms with E-state index in [1.54, 1.807) is 0 Å². The summed E-state index contributed by atoms with van der Waals surface area (Å²) in [6.07, 6.45) is -0.427. The second kappa shape index (κ2) is 8.55. The Morgan fingerprint density at radius 1 is 0.857 bits per heavy atom. The molecule has 0 aliphatic carbocycles. The van der Waals surface area contributed by atoms with Crippen LogP contribution in [0.3, 0.4) is 0 Å². The van der Waals surface area contributed by atoms with Gasteiger partial charge in [-0.2, -0.15) is 0 Å². The van der Waals surface area contributed by atoms with Crippen LogP contribution in [0, 0.1) is 17.8 Å². The van der Waals surface area contributed by atoms with E-state index in [-0.39, 0.29) is 6.04 Å². The van der Waals surface area contributed by atoms with Gasteiger partial charge in [0.1, 0.15) is 0 Å². The summed E-state index contributed by atoms with van der Waals surface area (Å²) in [6.45, 7) is 15.5. The first-order valence-electron chi connectivity index (χ1n) is 8.30. The fourth-order valence-electron chi connectivity index (χ4n) is 3.09. The zero-order chi connectivity index (χ0) is 16.0. The van der Waals surface area contributed by atoms with Crippen molar-refractivity contribution in [2.45, 2.75) is 53.7 Å². The minimum atomic E-state index is -0.427. The Hall–Kier alpha value is -0.860. The van der Waals surface area contributed by atoms with Crippen molar-refractivity contribution in [3.8, 4) is 0 Å². The standard InChI is InChI=1S/C19H33NO/c1-14(2)12-20(13-15(3)4)18(16(5)6)19(21)17-10-8-7-9-11-17/h7-11,14-16,18-19,21H,12-13H2,1-6H3. The highest BCUT2D eigenvalue weighted by Gasteiger charge is 2.30.